The highest BCUT2D eigenvalue weighted by molar-refractivity contribution is 7.80. The molecule has 1 aromatic heterocycles. The van der Waals surface area contributed by atoms with Gasteiger partial charge in [-0.05, 0) is 49.1 Å². The van der Waals surface area contributed by atoms with Gasteiger partial charge < -0.3 is 10.6 Å². The minimum atomic E-state index is 0.448. The van der Waals surface area contributed by atoms with E-state index in [1.165, 1.54) is 10.6 Å². The fourth-order valence-corrected chi connectivity index (χ4v) is 3.31. The van der Waals surface area contributed by atoms with Gasteiger partial charge >= 0.3 is 0 Å². The summed E-state index contributed by atoms with van der Waals surface area (Å²) in [5, 5.41) is 2.13. The van der Waals surface area contributed by atoms with E-state index < -0.39 is 0 Å². The van der Waals surface area contributed by atoms with Gasteiger partial charge in [-0.25, -0.2) is 0 Å². The van der Waals surface area contributed by atoms with Crippen LogP contribution in [0.5, 0.6) is 0 Å². The third-order valence-electron chi connectivity index (χ3n) is 3.62. The molecule has 1 atom stereocenters. The van der Waals surface area contributed by atoms with Gasteiger partial charge in [0.25, 0.3) is 0 Å². The number of likely N-dealkylation sites (N-methyl/N-ethyl adjacent to an activating group) is 1. The van der Waals surface area contributed by atoms with Crippen LogP contribution in [0.25, 0.3) is 0 Å². The van der Waals surface area contributed by atoms with Crippen LogP contribution in [0, 0.1) is 6.92 Å². The predicted octanol–water partition coefficient (Wildman–Crippen LogP) is 3.76. The summed E-state index contributed by atoms with van der Waals surface area (Å²) in [6.45, 7) is 4.30. The topological polar surface area (TPSA) is 29.3 Å². The molecule has 0 amide bonds. The number of thiocarbonyl (C=S) groups is 1. The molecule has 0 bridgehead atoms. The quantitative estimate of drug-likeness (QED) is 0.853. The third-order valence-corrected chi connectivity index (χ3v) is 4.74. The molecule has 106 valence electrons. The van der Waals surface area contributed by atoms with E-state index in [1.54, 1.807) is 0 Å². The van der Waals surface area contributed by atoms with Crippen molar-refractivity contribution in [2.45, 2.75) is 26.3 Å². The largest absolute Gasteiger partial charge is 0.389 e. The predicted molar refractivity (Wildman–Crippen MR) is 93.0 cm³/mol. The molecule has 1 aromatic carbocycles. The summed E-state index contributed by atoms with van der Waals surface area (Å²) in [6, 6.07) is 11.0. The SMILES string of the molecule is Cc1cc(N(C)C(C)Cc2cccs2)ccc1C(N)=S. The van der Waals surface area contributed by atoms with E-state index in [-0.39, 0.29) is 0 Å². The van der Waals surface area contributed by atoms with Crippen LogP contribution in [-0.4, -0.2) is 18.1 Å². The zero-order valence-electron chi connectivity index (χ0n) is 12.1. The summed E-state index contributed by atoms with van der Waals surface area (Å²) in [4.78, 5) is 4.18. The normalized spacial score (nSPS) is 12.2. The molecule has 0 radical (unpaired) electrons. The number of nitrogens with zero attached hydrogens (tertiary/aromatic N) is 1. The van der Waals surface area contributed by atoms with Gasteiger partial charge in [-0.3, -0.25) is 0 Å². The van der Waals surface area contributed by atoms with Crippen LogP contribution >= 0.6 is 23.6 Å². The lowest BCUT2D eigenvalue weighted by molar-refractivity contribution is 0.688. The van der Waals surface area contributed by atoms with E-state index in [0.29, 0.717) is 11.0 Å². The highest BCUT2D eigenvalue weighted by Gasteiger charge is 2.13. The molecule has 0 saturated heterocycles. The van der Waals surface area contributed by atoms with Crippen molar-refractivity contribution in [2.75, 3.05) is 11.9 Å². The third kappa shape index (κ3) is 3.38. The highest BCUT2D eigenvalue weighted by Crippen LogP contribution is 2.22. The second-order valence-electron chi connectivity index (χ2n) is 5.11. The Bertz CT molecular complexity index is 591. The van der Waals surface area contributed by atoms with Crippen molar-refractivity contribution < 1.29 is 0 Å². The lowest BCUT2D eigenvalue weighted by Crippen LogP contribution is -2.30. The molecule has 2 nitrogen and oxygen atoms in total. The van der Waals surface area contributed by atoms with E-state index in [4.69, 9.17) is 18.0 Å². The van der Waals surface area contributed by atoms with Crippen molar-refractivity contribution in [1.29, 1.82) is 0 Å². The number of anilines is 1. The smallest absolute Gasteiger partial charge is 0.104 e. The monoisotopic (exact) mass is 304 g/mol. The summed E-state index contributed by atoms with van der Waals surface area (Å²) in [5.74, 6) is 0. The fraction of sp³-hybridized carbons (Fsp3) is 0.312. The average molecular weight is 304 g/mol. The Labute approximate surface area is 130 Å². The number of rotatable bonds is 5. The van der Waals surface area contributed by atoms with Gasteiger partial charge in [0.2, 0.25) is 0 Å². The molecule has 0 aliphatic rings. The number of benzene rings is 1. The second kappa shape index (κ2) is 6.37. The number of nitrogens with two attached hydrogens (primary N) is 1. The van der Waals surface area contributed by atoms with Crippen molar-refractivity contribution in [2.24, 2.45) is 5.73 Å². The Hall–Kier alpha value is -1.39. The zero-order valence-corrected chi connectivity index (χ0v) is 13.7. The van der Waals surface area contributed by atoms with Crippen molar-refractivity contribution >= 4 is 34.2 Å². The van der Waals surface area contributed by atoms with Gasteiger partial charge in [-0.2, -0.15) is 0 Å². The summed E-state index contributed by atoms with van der Waals surface area (Å²) in [6.07, 6.45) is 1.06. The van der Waals surface area contributed by atoms with Crippen LogP contribution in [0.1, 0.15) is 22.9 Å². The first kappa shape index (κ1) is 15.0. The van der Waals surface area contributed by atoms with E-state index in [0.717, 1.165) is 17.5 Å². The summed E-state index contributed by atoms with van der Waals surface area (Å²) in [7, 11) is 2.13. The Morgan fingerprint density at radius 1 is 1.40 bits per heavy atom. The first-order chi connectivity index (χ1) is 9.49. The summed E-state index contributed by atoms with van der Waals surface area (Å²) < 4.78 is 0. The van der Waals surface area contributed by atoms with Crippen LogP contribution < -0.4 is 10.6 Å². The molecule has 1 heterocycles. The maximum atomic E-state index is 5.71. The lowest BCUT2D eigenvalue weighted by atomic mass is 10.1. The lowest BCUT2D eigenvalue weighted by Gasteiger charge is -2.27. The van der Waals surface area contributed by atoms with Crippen LogP contribution in [0.15, 0.2) is 35.7 Å². The second-order valence-corrected chi connectivity index (χ2v) is 6.58. The maximum Gasteiger partial charge on any atom is 0.104 e. The zero-order chi connectivity index (χ0) is 14.7. The number of hydrogen-bond donors (Lipinski definition) is 1. The molecule has 2 aromatic rings. The van der Waals surface area contributed by atoms with Gasteiger partial charge in [-0.1, -0.05) is 18.3 Å². The summed E-state index contributed by atoms with van der Waals surface area (Å²) in [5.41, 5.74) is 9.00. The molecule has 2 N–H and O–H groups in total. The molecule has 2 rings (SSSR count). The minimum Gasteiger partial charge on any atom is -0.389 e. The first-order valence-corrected chi connectivity index (χ1v) is 7.93. The molecule has 0 aliphatic carbocycles. The van der Waals surface area contributed by atoms with E-state index in [9.17, 15) is 0 Å². The minimum absolute atomic E-state index is 0.448. The average Bonchev–Trinajstić information content (AvgIpc) is 2.90. The Balaban J connectivity index is 2.14. The van der Waals surface area contributed by atoms with Gasteiger partial charge in [0, 0.05) is 35.6 Å². The van der Waals surface area contributed by atoms with Crippen LogP contribution in [0.4, 0.5) is 5.69 Å². The number of aryl methyl sites for hydroxylation is 1. The van der Waals surface area contributed by atoms with Gasteiger partial charge in [0.15, 0.2) is 0 Å². The maximum absolute atomic E-state index is 5.71. The Morgan fingerprint density at radius 2 is 2.15 bits per heavy atom. The van der Waals surface area contributed by atoms with Gasteiger partial charge in [-0.15, -0.1) is 11.3 Å². The molecule has 0 aliphatic heterocycles. The number of hydrogen-bond acceptors (Lipinski definition) is 3. The van der Waals surface area contributed by atoms with Crippen LogP contribution in [-0.2, 0) is 6.42 Å². The van der Waals surface area contributed by atoms with E-state index in [2.05, 4.69) is 55.4 Å². The summed E-state index contributed by atoms with van der Waals surface area (Å²) >= 11 is 6.87. The van der Waals surface area contributed by atoms with E-state index >= 15 is 0 Å². The molecule has 0 spiro atoms. The molecule has 0 fully saturated rings. The first-order valence-electron chi connectivity index (χ1n) is 6.64. The van der Waals surface area contributed by atoms with Crippen molar-refractivity contribution in [3.63, 3.8) is 0 Å². The van der Waals surface area contributed by atoms with Crippen LogP contribution in [0.3, 0.4) is 0 Å². The molecular formula is C16H20N2S2. The van der Waals surface area contributed by atoms with E-state index in [1.807, 2.05) is 17.4 Å². The molecule has 4 heteroatoms. The van der Waals surface area contributed by atoms with Crippen molar-refractivity contribution in [3.8, 4) is 0 Å². The standard InChI is InChI=1S/C16H20N2S2/c1-11-9-13(6-7-15(11)16(17)19)18(3)12(2)10-14-5-4-8-20-14/h4-9,12H,10H2,1-3H3,(H2,17,19). The number of thiophene rings is 1. The van der Waals surface area contributed by atoms with Gasteiger partial charge in [0.05, 0.1) is 0 Å². The molecule has 1 unspecified atom stereocenters. The van der Waals surface area contributed by atoms with Crippen LogP contribution in [0.2, 0.25) is 0 Å². The Morgan fingerprint density at radius 3 is 2.70 bits per heavy atom. The fourth-order valence-electron chi connectivity index (χ4n) is 2.25. The molecule has 20 heavy (non-hydrogen) atoms. The van der Waals surface area contributed by atoms with Crippen molar-refractivity contribution in [3.05, 3.63) is 51.7 Å². The Kier molecular flexibility index (Phi) is 4.78. The highest BCUT2D eigenvalue weighted by atomic mass is 32.1. The van der Waals surface area contributed by atoms with Crippen molar-refractivity contribution in [1.82, 2.24) is 0 Å². The van der Waals surface area contributed by atoms with Gasteiger partial charge in [0.1, 0.15) is 4.99 Å². The molecule has 0 saturated carbocycles. The molecular weight excluding hydrogens is 284 g/mol.